The van der Waals surface area contributed by atoms with Crippen molar-refractivity contribution >= 4 is 0 Å². The van der Waals surface area contributed by atoms with Crippen molar-refractivity contribution in [3.63, 3.8) is 0 Å². The zero-order valence-electron chi connectivity index (χ0n) is 14.3. The van der Waals surface area contributed by atoms with Crippen LogP contribution in [0.25, 0.3) is 0 Å². The van der Waals surface area contributed by atoms with Gasteiger partial charge in [-0.05, 0) is 32.4 Å². The minimum atomic E-state index is -0.154. The molecule has 0 amide bonds. The van der Waals surface area contributed by atoms with Crippen LogP contribution in [0.2, 0.25) is 0 Å². The lowest BCUT2D eigenvalue weighted by molar-refractivity contribution is 0.117. The van der Waals surface area contributed by atoms with Gasteiger partial charge in [0.25, 0.3) is 0 Å². The predicted molar refractivity (Wildman–Crippen MR) is 86.1 cm³/mol. The van der Waals surface area contributed by atoms with Crippen molar-refractivity contribution in [1.82, 2.24) is 15.1 Å². The van der Waals surface area contributed by atoms with Crippen LogP contribution in [0.4, 0.5) is 0 Å². The Labute approximate surface area is 125 Å². The number of likely N-dealkylation sites (N-methyl/N-ethyl adjacent to an activating group) is 1. The maximum absolute atomic E-state index is 9.99. The predicted octanol–water partition coefficient (Wildman–Crippen LogP) is 1.40. The van der Waals surface area contributed by atoms with Crippen molar-refractivity contribution in [1.29, 1.82) is 0 Å². The van der Waals surface area contributed by atoms with Crippen LogP contribution in [0.15, 0.2) is 0 Å². The third-order valence-electron chi connectivity index (χ3n) is 4.46. The van der Waals surface area contributed by atoms with Gasteiger partial charge in [0.2, 0.25) is 0 Å². The van der Waals surface area contributed by atoms with E-state index < -0.39 is 0 Å². The molecule has 1 rings (SSSR count). The summed E-state index contributed by atoms with van der Waals surface area (Å²) in [5, 5.41) is 13.6. The molecule has 3 atom stereocenters. The molecule has 4 nitrogen and oxygen atoms in total. The Hall–Kier alpha value is -0.160. The van der Waals surface area contributed by atoms with Crippen molar-refractivity contribution in [2.45, 2.75) is 58.7 Å². The molecule has 3 unspecified atom stereocenters. The molecule has 0 bridgehead atoms. The fraction of sp³-hybridized carbons (Fsp3) is 1.00. The van der Waals surface area contributed by atoms with E-state index in [0.29, 0.717) is 12.1 Å². The van der Waals surface area contributed by atoms with Gasteiger partial charge in [0.05, 0.1) is 6.10 Å². The van der Waals surface area contributed by atoms with Crippen LogP contribution in [-0.4, -0.2) is 73.4 Å². The number of nitrogens with one attached hydrogen (secondary N) is 1. The largest absolute Gasteiger partial charge is 0.392 e. The molecule has 2 N–H and O–H groups in total. The maximum Gasteiger partial charge on any atom is 0.0682 e. The number of hydrogen-bond donors (Lipinski definition) is 2. The van der Waals surface area contributed by atoms with Gasteiger partial charge in [-0.25, -0.2) is 0 Å². The molecule has 120 valence electrons. The highest BCUT2D eigenvalue weighted by Gasteiger charge is 2.35. The molecule has 1 fully saturated rings. The number of likely N-dealkylation sites (tertiary alicyclic amines) is 1. The summed E-state index contributed by atoms with van der Waals surface area (Å²) in [6, 6.07) is 1.02. The molecule has 1 saturated heterocycles. The van der Waals surface area contributed by atoms with Crippen LogP contribution < -0.4 is 5.32 Å². The molecule has 1 aliphatic rings. The first-order valence-electron chi connectivity index (χ1n) is 8.06. The van der Waals surface area contributed by atoms with Gasteiger partial charge in [0.15, 0.2) is 0 Å². The van der Waals surface area contributed by atoms with Crippen molar-refractivity contribution < 1.29 is 5.11 Å². The van der Waals surface area contributed by atoms with Crippen LogP contribution in [-0.2, 0) is 0 Å². The summed E-state index contributed by atoms with van der Waals surface area (Å²) in [6.07, 6.45) is 1.92. The first-order chi connectivity index (χ1) is 9.25. The molecule has 4 heteroatoms. The molecule has 0 spiro atoms. The second-order valence-corrected chi connectivity index (χ2v) is 7.43. The van der Waals surface area contributed by atoms with Crippen molar-refractivity contribution in [2.75, 3.05) is 40.3 Å². The van der Waals surface area contributed by atoms with Gasteiger partial charge < -0.3 is 15.3 Å². The van der Waals surface area contributed by atoms with Crippen LogP contribution in [0.1, 0.15) is 40.5 Å². The van der Waals surface area contributed by atoms with Crippen LogP contribution in [0.3, 0.4) is 0 Å². The summed E-state index contributed by atoms with van der Waals surface area (Å²) in [6.45, 7) is 13.0. The number of nitrogens with zero attached hydrogens (tertiary/aromatic N) is 2. The normalized spacial score (nSPS) is 27.4. The van der Waals surface area contributed by atoms with Gasteiger partial charge in [0, 0.05) is 38.3 Å². The average Bonchev–Trinajstić information content (AvgIpc) is 2.66. The van der Waals surface area contributed by atoms with Crippen molar-refractivity contribution in [3.8, 4) is 0 Å². The second kappa shape index (κ2) is 7.74. The molecular formula is C16H35N3O. The number of β-amino-alcohol motifs (C(OH)–C–C–N with tert-alkyl or cyclic N) is 1. The van der Waals surface area contributed by atoms with Crippen LogP contribution in [0, 0.1) is 5.41 Å². The maximum atomic E-state index is 9.99. The molecule has 0 aliphatic carbocycles. The van der Waals surface area contributed by atoms with Gasteiger partial charge >= 0.3 is 0 Å². The third kappa shape index (κ3) is 5.68. The monoisotopic (exact) mass is 285 g/mol. The third-order valence-corrected chi connectivity index (χ3v) is 4.46. The quantitative estimate of drug-likeness (QED) is 0.707. The number of aliphatic hydroxyl groups excluding tert-OH is 1. The Morgan fingerprint density at radius 1 is 1.40 bits per heavy atom. The van der Waals surface area contributed by atoms with Crippen molar-refractivity contribution in [3.05, 3.63) is 0 Å². The standard InChI is InChI=1S/C16H35N3O/c1-7-16(4,11-17-13(2)3)12-19-10-15(20)8-14(19)9-18(5)6/h13-15,17,20H,7-12H2,1-6H3. The van der Waals surface area contributed by atoms with E-state index in [9.17, 15) is 5.11 Å². The fourth-order valence-corrected chi connectivity index (χ4v) is 3.00. The lowest BCUT2D eigenvalue weighted by Gasteiger charge is -2.37. The molecule has 1 aliphatic heterocycles. The van der Waals surface area contributed by atoms with E-state index in [4.69, 9.17) is 0 Å². The lowest BCUT2D eigenvalue weighted by Crippen LogP contribution is -2.47. The smallest absolute Gasteiger partial charge is 0.0682 e. The number of aliphatic hydroxyl groups is 1. The highest BCUT2D eigenvalue weighted by Crippen LogP contribution is 2.27. The summed E-state index contributed by atoms with van der Waals surface area (Å²) >= 11 is 0. The van der Waals surface area contributed by atoms with Crippen molar-refractivity contribution in [2.24, 2.45) is 5.41 Å². The van der Waals surface area contributed by atoms with Gasteiger partial charge in [0.1, 0.15) is 0 Å². The number of hydrogen-bond acceptors (Lipinski definition) is 4. The zero-order chi connectivity index (χ0) is 15.3. The first kappa shape index (κ1) is 17.9. The van der Waals surface area contributed by atoms with Gasteiger partial charge in [-0.3, -0.25) is 4.90 Å². The summed E-state index contributed by atoms with van der Waals surface area (Å²) in [5.41, 5.74) is 0.277. The highest BCUT2D eigenvalue weighted by molar-refractivity contribution is 4.91. The average molecular weight is 285 g/mol. The Kier molecular flexibility index (Phi) is 6.92. The van der Waals surface area contributed by atoms with E-state index in [1.165, 1.54) is 0 Å². The van der Waals surface area contributed by atoms with E-state index in [0.717, 1.165) is 39.0 Å². The summed E-state index contributed by atoms with van der Waals surface area (Å²) in [5.74, 6) is 0. The molecule has 0 aromatic rings. The second-order valence-electron chi connectivity index (χ2n) is 7.43. The number of rotatable bonds is 8. The van der Waals surface area contributed by atoms with E-state index >= 15 is 0 Å². The summed E-state index contributed by atoms with van der Waals surface area (Å²) in [7, 11) is 4.23. The van der Waals surface area contributed by atoms with Gasteiger partial charge in [-0.15, -0.1) is 0 Å². The molecular weight excluding hydrogens is 250 g/mol. The van der Waals surface area contributed by atoms with E-state index in [2.05, 4.69) is 56.9 Å². The fourth-order valence-electron chi connectivity index (χ4n) is 3.00. The summed E-state index contributed by atoms with van der Waals surface area (Å²) in [4.78, 5) is 4.72. The Bertz CT molecular complexity index is 283. The topological polar surface area (TPSA) is 38.7 Å². The minimum Gasteiger partial charge on any atom is -0.392 e. The van der Waals surface area contributed by atoms with Gasteiger partial charge in [-0.1, -0.05) is 27.7 Å². The van der Waals surface area contributed by atoms with Crippen LogP contribution >= 0.6 is 0 Å². The SMILES string of the molecule is CCC(C)(CNC(C)C)CN1CC(O)CC1CN(C)C. The highest BCUT2D eigenvalue weighted by atomic mass is 16.3. The molecule has 0 aromatic carbocycles. The Balaban J connectivity index is 2.61. The zero-order valence-corrected chi connectivity index (χ0v) is 14.3. The van der Waals surface area contributed by atoms with E-state index in [1.807, 2.05) is 0 Å². The van der Waals surface area contributed by atoms with E-state index in [-0.39, 0.29) is 11.5 Å². The van der Waals surface area contributed by atoms with E-state index in [1.54, 1.807) is 0 Å². The minimum absolute atomic E-state index is 0.154. The molecule has 0 aromatic heterocycles. The van der Waals surface area contributed by atoms with Crippen LogP contribution in [0.5, 0.6) is 0 Å². The lowest BCUT2D eigenvalue weighted by atomic mass is 9.86. The molecule has 1 heterocycles. The Morgan fingerprint density at radius 3 is 2.55 bits per heavy atom. The van der Waals surface area contributed by atoms with Gasteiger partial charge in [-0.2, -0.15) is 0 Å². The molecule has 0 radical (unpaired) electrons. The molecule has 0 saturated carbocycles. The molecule has 20 heavy (non-hydrogen) atoms. The Morgan fingerprint density at radius 2 is 2.05 bits per heavy atom. The summed E-state index contributed by atoms with van der Waals surface area (Å²) < 4.78 is 0. The first-order valence-corrected chi connectivity index (χ1v) is 8.06.